The molecular formula is C24H29N3O6S. The summed E-state index contributed by atoms with van der Waals surface area (Å²) in [6.07, 6.45) is 0.885. The fourth-order valence-corrected chi connectivity index (χ4v) is 5.68. The van der Waals surface area contributed by atoms with Crippen LogP contribution in [0.25, 0.3) is 0 Å². The highest BCUT2D eigenvalue weighted by Crippen LogP contribution is 2.34. The van der Waals surface area contributed by atoms with Crippen LogP contribution in [-0.4, -0.2) is 50.3 Å². The number of nitrogens with zero attached hydrogens (tertiary/aromatic N) is 1. The Morgan fingerprint density at radius 3 is 2.32 bits per heavy atom. The quantitative estimate of drug-likeness (QED) is 0.640. The third kappa shape index (κ3) is 4.88. The topological polar surface area (TPSA) is 114 Å². The highest BCUT2D eigenvalue weighted by atomic mass is 32.2. The summed E-state index contributed by atoms with van der Waals surface area (Å²) >= 11 is 0. The van der Waals surface area contributed by atoms with Gasteiger partial charge in [-0.25, -0.2) is 8.42 Å². The molecule has 1 saturated heterocycles. The number of carbonyl (C=O) groups excluding carboxylic acids is 2. The Labute approximate surface area is 199 Å². The van der Waals surface area contributed by atoms with Crippen molar-refractivity contribution in [2.24, 2.45) is 0 Å². The largest absolute Gasteiger partial charge is 0.486 e. The molecule has 0 spiro atoms. The minimum atomic E-state index is -3.95. The van der Waals surface area contributed by atoms with Crippen LogP contribution in [-0.2, 0) is 20.2 Å². The fourth-order valence-electron chi connectivity index (χ4n) is 4.00. The standard InChI is InChI=1S/C24H29N3O6S/c1-24(2,3)17-8-6-16(7-9-17)22(28)25-26-23(29)19-5-4-12-27(19)34(30,31)18-10-11-20-21(15-18)33-14-13-32-20/h6-11,15,19H,4-5,12-14H2,1-3H3,(H,25,28)(H,26,29). The van der Waals surface area contributed by atoms with E-state index < -0.39 is 27.9 Å². The van der Waals surface area contributed by atoms with Crippen LogP contribution in [0, 0.1) is 0 Å². The first-order chi connectivity index (χ1) is 16.1. The van der Waals surface area contributed by atoms with E-state index in [4.69, 9.17) is 9.47 Å². The van der Waals surface area contributed by atoms with E-state index in [0.29, 0.717) is 43.1 Å². The number of ether oxygens (including phenoxy) is 2. The summed E-state index contributed by atoms with van der Waals surface area (Å²) in [4.78, 5) is 25.3. The molecule has 2 N–H and O–H groups in total. The lowest BCUT2D eigenvalue weighted by Crippen LogP contribution is -2.51. The zero-order valence-corrected chi connectivity index (χ0v) is 20.3. The van der Waals surface area contributed by atoms with E-state index in [9.17, 15) is 18.0 Å². The molecule has 0 radical (unpaired) electrons. The summed E-state index contributed by atoms with van der Waals surface area (Å²) in [6.45, 7) is 7.18. The first-order valence-corrected chi connectivity index (χ1v) is 12.6. The van der Waals surface area contributed by atoms with Crippen molar-refractivity contribution in [2.75, 3.05) is 19.8 Å². The molecule has 2 amide bonds. The Kier molecular flexibility index (Phi) is 6.55. The molecule has 2 heterocycles. The lowest BCUT2D eigenvalue weighted by atomic mass is 9.87. The van der Waals surface area contributed by atoms with Crippen LogP contribution in [0.5, 0.6) is 11.5 Å². The van der Waals surface area contributed by atoms with E-state index in [2.05, 4.69) is 31.6 Å². The van der Waals surface area contributed by atoms with Crippen molar-refractivity contribution < 1.29 is 27.5 Å². The van der Waals surface area contributed by atoms with Gasteiger partial charge < -0.3 is 9.47 Å². The molecule has 1 fully saturated rings. The predicted octanol–water partition coefficient (Wildman–Crippen LogP) is 2.37. The Morgan fingerprint density at radius 1 is 0.971 bits per heavy atom. The molecule has 4 rings (SSSR count). The normalized spacial score (nSPS) is 18.4. The number of hydrazine groups is 1. The van der Waals surface area contributed by atoms with Crippen LogP contribution in [0.2, 0.25) is 0 Å². The molecule has 182 valence electrons. The van der Waals surface area contributed by atoms with E-state index in [-0.39, 0.29) is 16.9 Å². The minimum Gasteiger partial charge on any atom is -0.486 e. The Bertz CT molecular complexity index is 1190. The Balaban J connectivity index is 1.42. The van der Waals surface area contributed by atoms with Gasteiger partial charge in [0, 0.05) is 18.2 Å². The van der Waals surface area contributed by atoms with Crippen LogP contribution >= 0.6 is 0 Å². The fraction of sp³-hybridized carbons (Fsp3) is 0.417. The first-order valence-electron chi connectivity index (χ1n) is 11.2. The number of sulfonamides is 1. The van der Waals surface area contributed by atoms with Crippen molar-refractivity contribution in [3.8, 4) is 11.5 Å². The van der Waals surface area contributed by atoms with Crippen molar-refractivity contribution in [3.63, 3.8) is 0 Å². The summed E-state index contributed by atoms with van der Waals surface area (Å²) in [5, 5.41) is 0. The molecule has 2 aromatic rings. The van der Waals surface area contributed by atoms with Gasteiger partial charge in [-0.2, -0.15) is 4.31 Å². The van der Waals surface area contributed by atoms with Gasteiger partial charge >= 0.3 is 0 Å². The van der Waals surface area contributed by atoms with Crippen molar-refractivity contribution in [3.05, 3.63) is 53.6 Å². The highest BCUT2D eigenvalue weighted by molar-refractivity contribution is 7.89. The van der Waals surface area contributed by atoms with Crippen molar-refractivity contribution in [1.82, 2.24) is 15.2 Å². The van der Waals surface area contributed by atoms with Crippen LogP contribution in [0.3, 0.4) is 0 Å². The summed E-state index contributed by atoms with van der Waals surface area (Å²) in [7, 11) is -3.95. The maximum atomic E-state index is 13.3. The number of benzene rings is 2. The second-order valence-electron chi connectivity index (χ2n) is 9.35. The number of hydrogen-bond acceptors (Lipinski definition) is 6. The van der Waals surface area contributed by atoms with Crippen molar-refractivity contribution in [2.45, 2.75) is 50.0 Å². The van der Waals surface area contributed by atoms with Gasteiger partial charge in [-0.3, -0.25) is 20.4 Å². The average molecular weight is 488 g/mol. The van der Waals surface area contributed by atoms with Gasteiger partial charge in [0.05, 0.1) is 4.90 Å². The molecule has 2 aliphatic rings. The van der Waals surface area contributed by atoms with Crippen LogP contribution in [0.1, 0.15) is 49.5 Å². The molecule has 0 bridgehead atoms. The second kappa shape index (κ2) is 9.27. The number of carbonyl (C=O) groups is 2. The highest BCUT2D eigenvalue weighted by Gasteiger charge is 2.40. The first kappa shape index (κ1) is 24.0. The molecule has 1 atom stereocenters. The van der Waals surface area contributed by atoms with Gasteiger partial charge in [-0.1, -0.05) is 32.9 Å². The smallest absolute Gasteiger partial charge is 0.269 e. The van der Waals surface area contributed by atoms with Crippen LogP contribution in [0.15, 0.2) is 47.4 Å². The van der Waals surface area contributed by atoms with Crippen molar-refractivity contribution in [1.29, 1.82) is 0 Å². The molecule has 9 nitrogen and oxygen atoms in total. The third-order valence-electron chi connectivity index (χ3n) is 5.94. The molecule has 0 aliphatic carbocycles. The lowest BCUT2D eigenvalue weighted by Gasteiger charge is -2.24. The Morgan fingerprint density at radius 2 is 1.65 bits per heavy atom. The summed E-state index contributed by atoms with van der Waals surface area (Å²) in [6, 6.07) is 10.6. The summed E-state index contributed by atoms with van der Waals surface area (Å²) in [5.74, 6) is -0.220. The number of fused-ring (bicyclic) bond motifs is 1. The SMILES string of the molecule is CC(C)(C)c1ccc(C(=O)NNC(=O)C2CCCN2S(=O)(=O)c2ccc3c(c2)OCCO3)cc1. The molecule has 1 unspecified atom stereocenters. The zero-order chi connectivity index (χ0) is 24.5. The molecule has 0 aromatic heterocycles. The van der Waals surface area contributed by atoms with Gasteiger partial charge in [0.25, 0.3) is 11.8 Å². The van der Waals surface area contributed by atoms with E-state index in [1.165, 1.54) is 12.1 Å². The monoisotopic (exact) mass is 487 g/mol. The number of amides is 2. The van der Waals surface area contributed by atoms with Gasteiger partial charge in [0.2, 0.25) is 10.0 Å². The molecule has 2 aromatic carbocycles. The van der Waals surface area contributed by atoms with E-state index >= 15 is 0 Å². The molecular weight excluding hydrogens is 458 g/mol. The van der Waals surface area contributed by atoms with E-state index in [1.54, 1.807) is 18.2 Å². The molecule has 2 aliphatic heterocycles. The van der Waals surface area contributed by atoms with Crippen LogP contribution in [0.4, 0.5) is 0 Å². The van der Waals surface area contributed by atoms with E-state index in [0.717, 1.165) is 9.87 Å². The number of nitrogens with one attached hydrogen (secondary N) is 2. The predicted molar refractivity (Wildman–Crippen MR) is 125 cm³/mol. The maximum absolute atomic E-state index is 13.3. The van der Waals surface area contributed by atoms with Crippen molar-refractivity contribution >= 4 is 21.8 Å². The summed E-state index contributed by atoms with van der Waals surface area (Å²) in [5.41, 5.74) is 6.20. The molecule has 0 saturated carbocycles. The summed E-state index contributed by atoms with van der Waals surface area (Å²) < 4.78 is 38.7. The molecule has 10 heteroatoms. The van der Waals surface area contributed by atoms with Gasteiger partial charge in [0.15, 0.2) is 11.5 Å². The minimum absolute atomic E-state index is 0.0272. The maximum Gasteiger partial charge on any atom is 0.269 e. The third-order valence-corrected chi connectivity index (χ3v) is 7.84. The Hall–Kier alpha value is -3.11. The number of rotatable bonds is 4. The van der Waals surface area contributed by atoms with E-state index in [1.807, 2.05) is 12.1 Å². The van der Waals surface area contributed by atoms with Gasteiger partial charge in [-0.15, -0.1) is 0 Å². The number of hydrogen-bond donors (Lipinski definition) is 2. The van der Waals surface area contributed by atoms with Gasteiger partial charge in [-0.05, 0) is 48.1 Å². The van der Waals surface area contributed by atoms with Gasteiger partial charge in [0.1, 0.15) is 19.3 Å². The average Bonchev–Trinajstić information content (AvgIpc) is 3.32. The zero-order valence-electron chi connectivity index (χ0n) is 19.5. The molecule has 34 heavy (non-hydrogen) atoms. The van der Waals surface area contributed by atoms with Crippen LogP contribution < -0.4 is 20.3 Å². The lowest BCUT2D eigenvalue weighted by molar-refractivity contribution is -0.125. The second-order valence-corrected chi connectivity index (χ2v) is 11.2.